The molecule has 1 aromatic heterocycles. The highest BCUT2D eigenvalue weighted by Crippen LogP contribution is 2.25. The van der Waals surface area contributed by atoms with Crippen molar-refractivity contribution >= 4 is 39.0 Å². The number of hydrogen-bond donors (Lipinski definition) is 3. The molecule has 0 radical (unpaired) electrons. The molecule has 0 spiro atoms. The number of amides is 2. The molecule has 3 N–H and O–H groups in total. The quantitative estimate of drug-likeness (QED) is 0.791. The lowest BCUT2D eigenvalue weighted by molar-refractivity contribution is 0.248. The van der Waals surface area contributed by atoms with E-state index in [9.17, 15) is 13.2 Å². The maximum Gasteiger partial charge on any atom is 0.328 e. The van der Waals surface area contributed by atoms with Crippen molar-refractivity contribution in [2.75, 3.05) is 12.4 Å². The average molecular weight is 341 g/mol. The van der Waals surface area contributed by atoms with E-state index in [2.05, 4.69) is 15.6 Å². The number of sulfonamides is 1. The third-order valence-corrected chi connectivity index (χ3v) is 4.23. The fourth-order valence-corrected chi connectivity index (χ4v) is 2.90. The number of aromatic nitrogens is 1. The third-order valence-electron chi connectivity index (χ3n) is 2.63. The SMILES string of the molecule is CNC(=O)NS(=O)(=O)c1cnccc1Nc1cccc(Cl)c1. The molecule has 0 aliphatic carbocycles. The zero-order chi connectivity index (χ0) is 16.2. The van der Waals surface area contributed by atoms with Crippen LogP contribution in [0.3, 0.4) is 0 Å². The van der Waals surface area contributed by atoms with Gasteiger partial charge in [-0.15, -0.1) is 0 Å². The summed E-state index contributed by atoms with van der Waals surface area (Å²) in [6.07, 6.45) is 2.59. The first-order valence-electron chi connectivity index (χ1n) is 6.13. The van der Waals surface area contributed by atoms with Crippen LogP contribution in [0.15, 0.2) is 47.6 Å². The molecule has 22 heavy (non-hydrogen) atoms. The molecule has 2 aromatic rings. The fourth-order valence-electron chi connectivity index (χ4n) is 1.65. The van der Waals surface area contributed by atoms with E-state index in [-0.39, 0.29) is 10.6 Å². The Balaban J connectivity index is 2.36. The Labute approximate surface area is 132 Å². The summed E-state index contributed by atoms with van der Waals surface area (Å²) in [5.41, 5.74) is 0.878. The van der Waals surface area contributed by atoms with Gasteiger partial charge in [0.15, 0.2) is 0 Å². The average Bonchev–Trinajstić information content (AvgIpc) is 2.47. The van der Waals surface area contributed by atoms with Gasteiger partial charge in [-0.2, -0.15) is 0 Å². The lowest BCUT2D eigenvalue weighted by atomic mass is 10.3. The Kier molecular flexibility index (Phi) is 4.84. The van der Waals surface area contributed by atoms with Crippen molar-refractivity contribution in [3.05, 3.63) is 47.7 Å². The molecule has 0 aliphatic rings. The number of nitrogens with zero attached hydrogens (tertiary/aromatic N) is 1. The van der Waals surface area contributed by atoms with Gasteiger partial charge in [-0.25, -0.2) is 17.9 Å². The van der Waals surface area contributed by atoms with Crippen LogP contribution in [0.4, 0.5) is 16.2 Å². The van der Waals surface area contributed by atoms with E-state index >= 15 is 0 Å². The zero-order valence-corrected chi connectivity index (χ0v) is 13.1. The molecule has 1 aromatic carbocycles. The van der Waals surface area contributed by atoms with Gasteiger partial charge in [0.25, 0.3) is 10.0 Å². The van der Waals surface area contributed by atoms with E-state index in [1.807, 2.05) is 4.72 Å². The molecule has 2 rings (SSSR count). The molecule has 7 nitrogen and oxygen atoms in total. The summed E-state index contributed by atoms with van der Waals surface area (Å²) in [7, 11) is -2.73. The molecule has 0 fully saturated rings. The lowest BCUT2D eigenvalue weighted by Crippen LogP contribution is -2.37. The predicted molar refractivity (Wildman–Crippen MR) is 83.7 cm³/mol. The summed E-state index contributed by atoms with van der Waals surface area (Å²) in [5.74, 6) is 0. The van der Waals surface area contributed by atoms with Crippen LogP contribution in [-0.2, 0) is 10.0 Å². The van der Waals surface area contributed by atoms with Crippen LogP contribution in [0.25, 0.3) is 0 Å². The first-order valence-corrected chi connectivity index (χ1v) is 7.99. The molecule has 116 valence electrons. The first kappa shape index (κ1) is 16.1. The molecule has 9 heteroatoms. The first-order chi connectivity index (χ1) is 10.4. The highest BCUT2D eigenvalue weighted by molar-refractivity contribution is 7.90. The van der Waals surface area contributed by atoms with Crippen LogP contribution in [-0.4, -0.2) is 26.5 Å². The number of rotatable bonds is 4. The molecule has 0 saturated heterocycles. The number of urea groups is 1. The van der Waals surface area contributed by atoms with Crippen molar-refractivity contribution in [3.63, 3.8) is 0 Å². The number of carbonyl (C=O) groups is 1. The monoisotopic (exact) mass is 340 g/mol. The highest BCUT2D eigenvalue weighted by Gasteiger charge is 2.21. The molecular weight excluding hydrogens is 328 g/mol. The second-order valence-electron chi connectivity index (χ2n) is 4.19. The Morgan fingerprint density at radius 3 is 2.73 bits per heavy atom. The molecule has 1 heterocycles. The van der Waals surface area contributed by atoms with Gasteiger partial charge >= 0.3 is 6.03 Å². The highest BCUT2D eigenvalue weighted by atomic mass is 35.5. The van der Waals surface area contributed by atoms with Crippen LogP contribution < -0.4 is 15.4 Å². The van der Waals surface area contributed by atoms with Crippen molar-refractivity contribution in [1.29, 1.82) is 0 Å². The number of anilines is 2. The summed E-state index contributed by atoms with van der Waals surface area (Å²) in [4.78, 5) is 14.9. The minimum Gasteiger partial charge on any atom is -0.354 e. The molecule has 0 atom stereocenters. The van der Waals surface area contributed by atoms with Crippen molar-refractivity contribution in [1.82, 2.24) is 15.0 Å². The number of halogens is 1. The maximum absolute atomic E-state index is 12.2. The van der Waals surface area contributed by atoms with E-state index in [4.69, 9.17) is 11.6 Å². The second-order valence-corrected chi connectivity index (χ2v) is 6.28. The van der Waals surface area contributed by atoms with Crippen molar-refractivity contribution < 1.29 is 13.2 Å². The van der Waals surface area contributed by atoms with Gasteiger partial charge in [0.05, 0.1) is 5.69 Å². The fraction of sp³-hybridized carbons (Fsp3) is 0.0769. The third kappa shape index (κ3) is 3.86. The van der Waals surface area contributed by atoms with Gasteiger partial charge < -0.3 is 10.6 Å². The van der Waals surface area contributed by atoms with E-state index in [0.717, 1.165) is 6.20 Å². The lowest BCUT2D eigenvalue weighted by Gasteiger charge is -2.12. The minimum absolute atomic E-state index is 0.154. The Bertz CT molecular complexity index is 795. The topological polar surface area (TPSA) is 100 Å². The molecular formula is C13H13ClN4O3S. The summed E-state index contributed by atoms with van der Waals surface area (Å²) >= 11 is 5.89. The molecule has 0 unspecified atom stereocenters. The van der Waals surface area contributed by atoms with Crippen LogP contribution in [0, 0.1) is 0 Å². The van der Waals surface area contributed by atoms with Crippen LogP contribution >= 0.6 is 11.6 Å². The summed E-state index contributed by atoms with van der Waals surface area (Å²) < 4.78 is 26.3. The van der Waals surface area contributed by atoms with E-state index < -0.39 is 16.1 Å². The smallest absolute Gasteiger partial charge is 0.328 e. The molecule has 2 amide bonds. The second kappa shape index (κ2) is 6.63. The van der Waals surface area contributed by atoms with Gasteiger partial charge in [0, 0.05) is 30.2 Å². The van der Waals surface area contributed by atoms with Crippen molar-refractivity contribution in [2.24, 2.45) is 0 Å². The largest absolute Gasteiger partial charge is 0.354 e. The Hall–Kier alpha value is -2.32. The Morgan fingerprint density at radius 1 is 1.27 bits per heavy atom. The van der Waals surface area contributed by atoms with Crippen LogP contribution in [0.1, 0.15) is 0 Å². The number of carbonyl (C=O) groups excluding carboxylic acids is 1. The number of benzene rings is 1. The van der Waals surface area contributed by atoms with Crippen LogP contribution in [0.2, 0.25) is 5.02 Å². The van der Waals surface area contributed by atoms with Gasteiger partial charge in [0.1, 0.15) is 4.90 Å². The van der Waals surface area contributed by atoms with E-state index in [0.29, 0.717) is 10.7 Å². The maximum atomic E-state index is 12.2. The number of hydrogen-bond acceptors (Lipinski definition) is 5. The summed E-state index contributed by atoms with van der Waals surface area (Å²) in [5, 5.41) is 5.62. The summed E-state index contributed by atoms with van der Waals surface area (Å²) in [6.45, 7) is 0. The van der Waals surface area contributed by atoms with Gasteiger partial charge in [0.2, 0.25) is 0 Å². The van der Waals surface area contributed by atoms with Gasteiger partial charge in [-0.1, -0.05) is 17.7 Å². The zero-order valence-electron chi connectivity index (χ0n) is 11.5. The predicted octanol–water partition coefficient (Wildman–Crippen LogP) is 2.10. The summed E-state index contributed by atoms with van der Waals surface area (Å²) in [6, 6.07) is 7.45. The van der Waals surface area contributed by atoms with Gasteiger partial charge in [-0.3, -0.25) is 4.98 Å². The molecule has 0 aliphatic heterocycles. The van der Waals surface area contributed by atoms with E-state index in [1.54, 1.807) is 24.3 Å². The van der Waals surface area contributed by atoms with E-state index in [1.165, 1.54) is 19.3 Å². The molecule has 0 bridgehead atoms. The van der Waals surface area contributed by atoms with Crippen molar-refractivity contribution in [2.45, 2.75) is 4.90 Å². The standard InChI is InChI=1S/C13H13ClN4O3S/c1-15-13(19)18-22(20,21)12-8-16-6-5-11(12)17-10-4-2-3-9(14)7-10/h2-8H,1H3,(H,16,17)(H2,15,18,19). The minimum atomic E-state index is -4.05. The van der Waals surface area contributed by atoms with Gasteiger partial charge in [-0.05, 0) is 24.3 Å². The Morgan fingerprint density at radius 2 is 2.05 bits per heavy atom. The number of pyridine rings is 1. The number of nitrogens with one attached hydrogen (secondary N) is 3. The molecule has 0 saturated carbocycles. The van der Waals surface area contributed by atoms with Crippen molar-refractivity contribution in [3.8, 4) is 0 Å². The van der Waals surface area contributed by atoms with Crippen LogP contribution in [0.5, 0.6) is 0 Å². The normalized spacial score (nSPS) is 10.8.